The molecule has 0 spiro atoms. The SMILES string of the molecule is CC(CNCC(F)(F)F)Sc1ncc[nH]1. The largest absolute Gasteiger partial charge is 0.401 e. The van der Waals surface area contributed by atoms with Crippen molar-refractivity contribution in [3.63, 3.8) is 0 Å². The standard InChI is InChI=1S/C8H12F3N3S/c1-6(4-12-5-8(9,10)11)15-7-13-2-3-14-7/h2-3,6,12H,4-5H2,1H3,(H,13,14). The summed E-state index contributed by atoms with van der Waals surface area (Å²) in [5, 5.41) is 3.11. The molecule has 0 amide bonds. The fourth-order valence-corrected chi connectivity index (χ4v) is 1.80. The number of aromatic nitrogens is 2. The second-order valence-corrected chi connectivity index (χ2v) is 4.50. The maximum Gasteiger partial charge on any atom is 0.401 e. The van der Waals surface area contributed by atoms with Crippen LogP contribution in [0.1, 0.15) is 6.92 Å². The molecule has 1 aromatic rings. The molecule has 0 bridgehead atoms. The number of hydrogen-bond donors (Lipinski definition) is 2. The van der Waals surface area contributed by atoms with Gasteiger partial charge in [-0.1, -0.05) is 18.7 Å². The van der Waals surface area contributed by atoms with Crippen LogP contribution in [0.4, 0.5) is 13.2 Å². The summed E-state index contributed by atoms with van der Waals surface area (Å²) in [7, 11) is 0. The third-order valence-corrected chi connectivity index (χ3v) is 2.56. The molecule has 3 nitrogen and oxygen atoms in total. The number of halogens is 3. The molecule has 0 aliphatic carbocycles. The van der Waals surface area contributed by atoms with Gasteiger partial charge in [-0.15, -0.1) is 0 Å². The van der Waals surface area contributed by atoms with Crippen LogP contribution in [0.2, 0.25) is 0 Å². The van der Waals surface area contributed by atoms with Crippen molar-refractivity contribution in [2.75, 3.05) is 13.1 Å². The van der Waals surface area contributed by atoms with Crippen molar-refractivity contribution in [2.45, 2.75) is 23.5 Å². The molecule has 0 saturated carbocycles. The lowest BCUT2D eigenvalue weighted by atomic mass is 10.4. The summed E-state index contributed by atoms with van der Waals surface area (Å²) >= 11 is 1.40. The highest BCUT2D eigenvalue weighted by atomic mass is 32.2. The van der Waals surface area contributed by atoms with Gasteiger partial charge in [0.1, 0.15) is 0 Å². The molecule has 0 fully saturated rings. The Morgan fingerprint density at radius 3 is 2.87 bits per heavy atom. The number of rotatable bonds is 5. The molecule has 0 aliphatic heterocycles. The predicted octanol–water partition coefficient (Wildman–Crippen LogP) is 2.04. The zero-order valence-electron chi connectivity index (χ0n) is 8.14. The minimum atomic E-state index is -4.14. The Morgan fingerprint density at radius 2 is 2.33 bits per heavy atom. The number of hydrogen-bond acceptors (Lipinski definition) is 3. The number of aromatic amines is 1. The minimum absolute atomic E-state index is 0.0403. The van der Waals surface area contributed by atoms with Crippen LogP contribution in [0.15, 0.2) is 17.6 Å². The van der Waals surface area contributed by atoms with E-state index in [1.807, 2.05) is 6.92 Å². The highest BCUT2D eigenvalue weighted by Crippen LogP contribution is 2.18. The smallest absolute Gasteiger partial charge is 0.340 e. The lowest BCUT2D eigenvalue weighted by Crippen LogP contribution is -2.32. The van der Waals surface area contributed by atoms with E-state index in [4.69, 9.17) is 0 Å². The highest BCUT2D eigenvalue weighted by molar-refractivity contribution is 7.99. The number of imidazole rings is 1. The topological polar surface area (TPSA) is 40.7 Å². The Balaban J connectivity index is 2.17. The van der Waals surface area contributed by atoms with Crippen LogP contribution in [0, 0.1) is 0 Å². The maximum atomic E-state index is 11.8. The van der Waals surface area contributed by atoms with Crippen LogP contribution in [0.5, 0.6) is 0 Å². The van der Waals surface area contributed by atoms with E-state index >= 15 is 0 Å². The number of alkyl halides is 3. The molecular weight excluding hydrogens is 227 g/mol. The summed E-state index contributed by atoms with van der Waals surface area (Å²) < 4.78 is 35.4. The van der Waals surface area contributed by atoms with Crippen LogP contribution in [0.3, 0.4) is 0 Å². The van der Waals surface area contributed by atoms with Crippen molar-refractivity contribution in [3.8, 4) is 0 Å². The van der Waals surface area contributed by atoms with Crippen molar-refractivity contribution in [2.24, 2.45) is 0 Å². The second kappa shape index (κ2) is 5.41. The number of thioether (sulfide) groups is 1. The van der Waals surface area contributed by atoms with E-state index in [2.05, 4.69) is 15.3 Å². The Bertz CT molecular complexity index is 273. The summed E-state index contributed by atoms with van der Waals surface area (Å²) in [4.78, 5) is 6.85. The first-order valence-electron chi connectivity index (χ1n) is 4.41. The van der Waals surface area contributed by atoms with Crippen LogP contribution in [0.25, 0.3) is 0 Å². The van der Waals surface area contributed by atoms with Gasteiger partial charge < -0.3 is 10.3 Å². The Kier molecular flexibility index (Phi) is 4.46. The van der Waals surface area contributed by atoms with Crippen LogP contribution < -0.4 is 5.32 Å². The molecule has 0 radical (unpaired) electrons. The second-order valence-electron chi connectivity index (χ2n) is 3.07. The maximum absolute atomic E-state index is 11.8. The normalized spacial score (nSPS) is 14.1. The van der Waals surface area contributed by atoms with E-state index in [-0.39, 0.29) is 5.25 Å². The lowest BCUT2D eigenvalue weighted by molar-refractivity contribution is -0.124. The van der Waals surface area contributed by atoms with Crippen LogP contribution >= 0.6 is 11.8 Å². The first-order valence-corrected chi connectivity index (χ1v) is 5.29. The molecule has 7 heteroatoms. The summed E-state index contributed by atoms with van der Waals surface area (Å²) in [6.07, 6.45) is -0.856. The van der Waals surface area contributed by atoms with E-state index in [1.165, 1.54) is 11.8 Å². The quantitative estimate of drug-likeness (QED) is 0.772. The van der Waals surface area contributed by atoms with E-state index in [0.29, 0.717) is 6.54 Å². The monoisotopic (exact) mass is 239 g/mol. The van der Waals surface area contributed by atoms with E-state index in [1.54, 1.807) is 12.4 Å². The third-order valence-electron chi connectivity index (χ3n) is 1.54. The number of nitrogens with zero attached hydrogens (tertiary/aromatic N) is 1. The fourth-order valence-electron chi connectivity index (χ4n) is 0.965. The molecule has 1 rings (SSSR count). The van der Waals surface area contributed by atoms with Gasteiger partial charge in [0.05, 0.1) is 6.54 Å². The van der Waals surface area contributed by atoms with Crippen LogP contribution in [-0.4, -0.2) is 34.5 Å². The zero-order valence-corrected chi connectivity index (χ0v) is 8.95. The molecule has 86 valence electrons. The molecule has 0 aliphatic rings. The van der Waals surface area contributed by atoms with Crippen molar-refractivity contribution in [1.29, 1.82) is 0 Å². The molecule has 1 atom stereocenters. The van der Waals surface area contributed by atoms with Gasteiger partial charge in [-0.2, -0.15) is 13.2 Å². The number of nitrogens with one attached hydrogen (secondary N) is 2. The highest BCUT2D eigenvalue weighted by Gasteiger charge is 2.26. The van der Waals surface area contributed by atoms with Crippen molar-refractivity contribution < 1.29 is 13.2 Å². The molecular formula is C8H12F3N3S. The summed E-state index contributed by atoms with van der Waals surface area (Å²) in [6, 6.07) is 0. The van der Waals surface area contributed by atoms with Gasteiger partial charge in [-0.3, -0.25) is 0 Å². The average molecular weight is 239 g/mol. The molecule has 0 aromatic carbocycles. The third kappa shape index (κ3) is 5.68. The Morgan fingerprint density at radius 1 is 1.60 bits per heavy atom. The van der Waals surface area contributed by atoms with Crippen LogP contribution in [-0.2, 0) is 0 Å². The zero-order chi connectivity index (χ0) is 11.3. The summed E-state index contributed by atoms with van der Waals surface area (Å²) in [6.45, 7) is 1.19. The molecule has 1 aromatic heterocycles. The van der Waals surface area contributed by atoms with Crippen molar-refractivity contribution in [1.82, 2.24) is 15.3 Å². The molecule has 1 heterocycles. The first-order chi connectivity index (χ1) is 6.97. The van der Waals surface area contributed by atoms with E-state index in [0.717, 1.165) is 5.16 Å². The minimum Gasteiger partial charge on any atom is -0.340 e. The van der Waals surface area contributed by atoms with Gasteiger partial charge in [0.2, 0.25) is 0 Å². The van der Waals surface area contributed by atoms with E-state index in [9.17, 15) is 13.2 Å². The molecule has 0 saturated heterocycles. The summed E-state index contributed by atoms with van der Waals surface area (Å²) in [5.74, 6) is 0. The molecule has 2 N–H and O–H groups in total. The van der Waals surface area contributed by atoms with Crippen molar-refractivity contribution in [3.05, 3.63) is 12.4 Å². The van der Waals surface area contributed by atoms with Gasteiger partial charge in [0, 0.05) is 24.2 Å². The van der Waals surface area contributed by atoms with Gasteiger partial charge >= 0.3 is 6.18 Å². The average Bonchev–Trinajstić information content (AvgIpc) is 2.54. The number of H-pyrrole nitrogens is 1. The van der Waals surface area contributed by atoms with Crippen molar-refractivity contribution >= 4 is 11.8 Å². The Labute approximate surface area is 89.9 Å². The Hall–Kier alpha value is -0.690. The van der Waals surface area contributed by atoms with Gasteiger partial charge in [-0.25, -0.2) is 4.98 Å². The first kappa shape index (κ1) is 12.4. The van der Waals surface area contributed by atoms with Gasteiger partial charge in [0.15, 0.2) is 5.16 Å². The summed E-state index contributed by atoms with van der Waals surface area (Å²) in [5.41, 5.74) is 0. The molecule has 1 unspecified atom stereocenters. The van der Waals surface area contributed by atoms with E-state index < -0.39 is 12.7 Å². The molecule has 15 heavy (non-hydrogen) atoms. The fraction of sp³-hybridized carbons (Fsp3) is 0.625. The predicted molar refractivity (Wildman–Crippen MR) is 52.8 cm³/mol. The lowest BCUT2D eigenvalue weighted by Gasteiger charge is -2.12. The van der Waals surface area contributed by atoms with Gasteiger partial charge in [-0.05, 0) is 0 Å². The van der Waals surface area contributed by atoms with Gasteiger partial charge in [0.25, 0.3) is 0 Å².